The molecule has 0 unspecified atom stereocenters. The molecule has 0 atom stereocenters. The van der Waals surface area contributed by atoms with Gasteiger partial charge in [-0.15, -0.1) is 0 Å². The van der Waals surface area contributed by atoms with Crippen molar-refractivity contribution in [1.29, 1.82) is 0 Å². The SMILES string of the molecule is FC(F)(F)c1ccc(Oc2ccc(Cl)c(CBr)c2)c(Cl)c1. The lowest BCUT2D eigenvalue weighted by molar-refractivity contribution is -0.137. The number of hydrogen-bond acceptors (Lipinski definition) is 1. The summed E-state index contributed by atoms with van der Waals surface area (Å²) in [7, 11) is 0. The summed E-state index contributed by atoms with van der Waals surface area (Å²) in [5, 5.41) is 0.988. The predicted molar refractivity (Wildman–Crippen MR) is 80.6 cm³/mol. The van der Waals surface area contributed by atoms with Crippen LogP contribution in [0.15, 0.2) is 36.4 Å². The van der Waals surface area contributed by atoms with Gasteiger partial charge in [0.2, 0.25) is 0 Å². The Kier molecular flexibility index (Phi) is 5.07. The molecule has 0 saturated heterocycles. The van der Waals surface area contributed by atoms with Gasteiger partial charge >= 0.3 is 6.18 Å². The quantitative estimate of drug-likeness (QED) is 0.521. The zero-order valence-corrected chi connectivity index (χ0v) is 13.4. The van der Waals surface area contributed by atoms with Crippen LogP contribution in [0.5, 0.6) is 11.5 Å². The molecule has 7 heteroatoms. The Morgan fingerprint density at radius 3 is 2.29 bits per heavy atom. The molecule has 0 fully saturated rings. The van der Waals surface area contributed by atoms with Crippen molar-refractivity contribution in [2.75, 3.05) is 0 Å². The van der Waals surface area contributed by atoms with E-state index >= 15 is 0 Å². The second-order valence-corrected chi connectivity index (χ2v) is 5.51. The summed E-state index contributed by atoms with van der Waals surface area (Å²) in [6, 6.07) is 7.88. The van der Waals surface area contributed by atoms with Crippen molar-refractivity contribution in [2.24, 2.45) is 0 Å². The maximum Gasteiger partial charge on any atom is 0.416 e. The van der Waals surface area contributed by atoms with E-state index in [1.54, 1.807) is 18.2 Å². The van der Waals surface area contributed by atoms with Crippen molar-refractivity contribution in [1.82, 2.24) is 0 Å². The van der Waals surface area contributed by atoms with Gasteiger partial charge < -0.3 is 4.74 Å². The number of halogens is 6. The number of hydrogen-bond donors (Lipinski definition) is 0. The van der Waals surface area contributed by atoms with Gasteiger partial charge in [0.05, 0.1) is 10.6 Å². The first-order chi connectivity index (χ1) is 9.81. The highest BCUT2D eigenvalue weighted by Gasteiger charge is 2.31. The Balaban J connectivity index is 2.28. The number of ether oxygens (including phenoxy) is 1. The third-order valence-corrected chi connectivity index (χ3v) is 3.92. The first-order valence-electron chi connectivity index (χ1n) is 5.70. The van der Waals surface area contributed by atoms with Crippen molar-refractivity contribution in [2.45, 2.75) is 11.5 Å². The summed E-state index contributed by atoms with van der Waals surface area (Å²) in [5.41, 5.74) is -0.0192. The minimum atomic E-state index is -4.44. The molecule has 0 amide bonds. The van der Waals surface area contributed by atoms with E-state index in [1.807, 2.05) is 0 Å². The van der Waals surface area contributed by atoms with Gasteiger partial charge in [0.15, 0.2) is 0 Å². The standard InChI is InChI=1S/C14H8BrCl2F3O/c15-7-8-5-10(2-3-11(8)16)21-13-4-1-9(6-12(13)17)14(18,19)20/h1-6H,7H2. The number of benzene rings is 2. The highest BCUT2D eigenvalue weighted by molar-refractivity contribution is 9.08. The third kappa shape index (κ3) is 4.05. The minimum Gasteiger partial charge on any atom is -0.456 e. The van der Waals surface area contributed by atoms with E-state index in [-0.39, 0.29) is 10.8 Å². The fourth-order valence-corrected chi connectivity index (χ4v) is 2.63. The van der Waals surface area contributed by atoms with Gasteiger partial charge in [-0.2, -0.15) is 13.2 Å². The van der Waals surface area contributed by atoms with Crippen LogP contribution in [0, 0.1) is 0 Å². The molecule has 2 aromatic carbocycles. The molecule has 0 aromatic heterocycles. The summed E-state index contributed by atoms with van der Waals surface area (Å²) in [5.74, 6) is 0.586. The fourth-order valence-electron chi connectivity index (χ4n) is 1.60. The fraction of sp³-hybridized carbons (Fsp3) is 0.143. The summed E-state index contributed by atoms with van der Waals surface area (Å²) < 4.78 is 43.1. The van der Waals surface area contributed by atoms with Crippen LogP contribution in [0.25, 0.3) is 0 Å². The first-order valence-corrected chi connectivity index (χ1v) is 7.58. The molecule has 0 aliphatic heterocycles. The second kappa shape index (κ2) is 6.46. The van der Waals surface area contributed by atoms with Crippen LogP contribution >= 0.6 is 39.1 Å². The van der Waals surface area contributed by atoms with E-state index in [1.165, 1.54) is 6.07 Å². The molecule has 0 spiro atoms. The molecule has 0 aliphatic rings. The van der Waals surface area contributed by atoms with Gasteiger partial charge in [-0.05, 0) is 42.0 Å². The number of rotatable bonds is 3. The monoisotopic (exact) mass is 398 g/mol. The van der Waals surface area contributed by atoms with Gasteiger partial charge in [-0.1, -0.05) is 39.1 Å². The summed E-state index contributed by atoms with van der Waals surface area (Å²) in [6.45, 7) is 0. The molecule has 21 heavy (non-hydrogen) atoms. The molecule has 0 saturated carbocycles. The Morgan fingerprint density at radius 1 is 1.00 bits per heavy atom. The van der Waals surface area contributed by atoms with Crippen LogP contribution in [0.4, 0.5) is 13.2 Å². The number of alkyl halides is 4. The smallest absolute Gasteiger partial charge is 0.416 e. The molecule has 0 heterocycles. The van der Waals surface area contributed by atoms with E-state index < -0.39 is 11.7 Å². The van der Waals surface area contributed by atoms with E-state index in [0.29, 0.717) is 16.1 Å². The summed E-state index contributed by atoms with van der Waals surface area (Å²) in [6.07, 6.45) is -4.44. The van der Waals surface area contributed by atoms with Gasteiger partial charge in [0.1, 0.15) is 11.5 Å². The van der Waals surface area contributed by atoms with Gasteiger partial charge in [-0.3, -0.25) is 0 Å². The van der Waals surface area contributed by atoms with E-state index in [0.717, 1.165) is 17.7 Å². The average Bonchev–Trinajstić information content (AvgIpc) is 2.42. The molecule has 2 rings (SSSR count). The first kappa shape index (κ1) is 16.5. The maximum absolute atomic E-state index is 12.6. The van der Waals surface area contributed by atoms with E-state index in [2.05, 4.69) is 15.9 Å². The van der Waals surface area contributed by atoms with Crippen molar-refractivity contribution in [3.05, 3.63) is 57.6 Å². The van der Waals surface area contributed by atoms with Crippen molar-refractivity contribution >= 4 is 39.1 Å². The van der Waals surface area contributed by atoms with Crippen molar-refractivity contribution in [3.8, 4) is 11.5 Å². The molecular formula is C14H8BrCl2F3O. The third-order valence-electron chi connectivity index (χ3n) is 2.65. The predicted octanol–water partition coefficient (Wildman–Crippen LogP) is 6.70. The Hall–Kier alpha value is -0.910. The zero-order valence-electron chi connectivity index (χ0n) is 10.3. The van der Waals surface area contributed by atoms with Crippen LogP contribution in [0.1, 0.15) is 11.1 Å². The Morgan fingerprint density at radius 2 is 1.71 bits per heavy atom. The molecule has 1 nitrogen and oxygen atoms in total. The van der Waals surface area contributed by atoms with Crippen molar-refractivity contribution in [3.63, 3.8) is 0 Å². The average molecular weight is 400 g/mol. The van der Waals surface area contributed by atoms with Crippen LogP contribution in [0.2, 0.25) is 10.0 Å². The normalized spacial score (nSPS) is 11.5. The molecule has 0 bridgehead atoms. The molecule has 0 aliphatic carbocycles. The van der Waals surface area contributed by atoms with Crippen LogP contribution in [0.3, 0.4) is 0 Å². The molecule has 2 aromatic rings. The lowest BCUT2D eigenvalue weighted by atomic mass is 10.2. The summed E-state index contributed by atoms with van der Waals surface area (Å²) in [4.78, 5) is 0. The molecule has 0 radical (unpaired) electrons. The molecule has 112 valence electrons. The van der Waals surface area contributed by atoms with E-state index in [4.69, 9.17) is 27.9 Å². The molecule has 0 N–H and O–H groups in total. The maximum atomic E-state index is 12.6. The lowest BCUT2D eigenvalue weighted by Crippen LogP contribution is -2.04. The zero-order chi connectivity index (χ0) is 15.6. The second-order valence-electron chi connectivity index (χ2n) is 4.13. The lowest BCUT2D eigenvalue weighted by Gasteiger charge is -2.12. The topological polar surface area (TPSA) is 9.23 Å². The summed E-state index contributed by atoms with van der Waals surface area (Å²) >= 11 is 15.1. The van der Waals surface area contributed by atoms with Gasteiger partial charge in [0.25, 0.3) is 0 Å². The Bertz CT molecular complexity index is 659. The highest BCUT2D eigenvalue weighted by atomic mass is 79.9. The minimum absolute atomic E-state index is 0.111. The van der Waals surface area contributed by atoms with Gasteiger partial charge in [-0.25, -0.2) is 0 Å². The Labute approximate surface area is 137 Å². The highest BCUT2D eigenvalue weighted by Crippen LogP contribution is 2.37. The van der Waals surface area contributed by atoms with Crippen LogP contribution in [-0.2, 0) is 11.5 Å². The van der Waals surface area contributed by atoms with Crippen LogP contribution < -0.4 is 4.74 Å². The van der Waals surface area contributed by atoms with Crippen molar-refractivity contribution < 1.29 is 17.9 Å². The largest absolute Gasteiger partial charge is 0.456 e. The van der Waals surface area contributed by atoms with E-state index in [9.17, 15) is 13.2 Å². The molecular weight excluding hydrogens is 392 g/mol. The van der Waals surface area contributed by atoms with Crippen LogP contribution in [-0.4, -0.2) is 0 Å². The van der Waals surface area contributed by atoms with Gasteiger partial charge in [0, 0.05) is 10.4 Å².